The zero-order chi connectivity index (χ0) is 18.8. The summed E-state index contributed by atoms with van der Waals surface area (Å²) in [5, 5.41) is 4.79. The fourth-order valence-electron chi connectivity index (χ4n) is 2.79. The number of rotatable bonds is 5. The summed E-state index contributed by atoms with van der Waals surface area (Å²) in [4.78, 5) is 19.4. The van der Waals surface area contributed by atoms with Crippen molar-refractivity contribution >= 4 is 16.9 Å². The van der Waals surface area contributed by atoms with Gasteiger partial charge in [-0.2, -0.15) is 4.98 Å². The first-order valence-electron chi connectivity index (χ1n) is 8.40. The minimum absolute atomic E-state index is 0.133. The van der Waals surface area contributed by atoms with Gasteiger partial charge < -0.3 is 14.2 Å². The molecule has 0 bridgehead atoms. The summed E-state index contributed by atoms with van der Waals surface area (Å²) in [5.41, 5.74) is 2.86. The van der Waals surface area contributed by atoms with Crippen LogP contribution in [0.5, 0.6) is 0 Å². The van der Waals surface area contributed by atoms with Crippen molar-refractivity contribution in [2.24, 2.45) is 0 Å². The second-order valence-electron chi connectivity index (χ2n) is 6.17. The number of ether oxygens (including phenoxy) is 1. The number of aromatic amines is 1. The highest BCUT2D eigenvalue weighted by Gasteiger charge is 2.14. The van der Waals surface area contributed by atoms with E-state index < -0.39 is 5.97 Å². The van der Waals surface area contributed by atoms with E-state index in [1.54, 1.807) is 25.3 Å². The van der Waals surface area contributed by atoms with Gasteiger partial charge in [0.1, 0.15) is 5.82 Å². The highest BCUT2D eigenvalue weighted by atomic mass is 19.1. The van der Waals surface area contributed by atoms with Crippen LogP contribution in [0.3, 0.4) is 0 Å². The number of para-hydroxylation sites is 1. The highest BCUT2D eigenvalue weighted by Crippen LogP contribution is 2.20. The molecule has 0 amide bonds. The Kier molecular flexibility index (Phi) is 4.42. The van der Waals surface area contributed by atoms with Crippen LogP contribution in [0.25, 0.3) is 22.3 Å². The minimum atomic E-state index is -0.402. The van der Waals surface area contributed by atoms with Gasteiger partial charge in [-0.25, -0.2) is 4.39 Å². The maximum Gasteiger partial charge on any atom is 0.310 e. The number of benzene rings is 2. The predicted molar refractivity (Wildman–Crippen MR) is 96.2 cm³/mol. The van der Waals surface area contributed by atoms with Gasteiger partial charge in [0, 0.05) is 22.7 Å². The van der Waals surface area contributed by atoms with Gasteiger partial charge in [0.2, 0.25) is 5.82 Å². The smallest absolute Gasteiger partial charge is 0.310 e. The zero-order valence-corrected chi connectivity index (χ0v) is 14.5. The summed E-state index contributed by atoms with van der Waals surface area (Å²) in [5.74, 6) is -0.347. The number of fused-ring (bicyclic) bond motifs is 1. The molecule has 0 saturated carbocycles. The van der Waals surface area contributed by atoms with Crippen molar-refractivity contribution in [3.05, 3.63) is 71.5 Å². The molecule has 136 valence electrons. The Labute approximate surface area is 154 Å². The van der Waals surface area contributed by atoms with Gasteiger partial charge >= 0.3 is 5.97 Å². The number of nitrogens with one attached hydrogen (secondary N) is 1. The molecule has 1 N–H and O–H groups in total. The lowest BCUT2D eigenvalue weighted by molar-refractivity contribution is -0.144. The molecular weight excluding hydrogens is 349 g/mol. The Morgan fingerprint density at radius 2 is 2.11 bits per heavy atom. The number of carbonyl (C=O) groups excluding carboxylic acids is 1. The average Bonchev–Trinajstić information content (AvgIpc) is 3.30. The number of halogens is 1. The lowest BCUT2D eigenvalue weighted by Gasteiger charge is -2.01. The summed E-state index contributed by atoms with van der Waals surface area (Å²) in [7, 11) is 0. The molecular formula is C20H16FN3O3. The third-order valence-electron chi connectivity index (χ3n) is 4.26. The molecule has 0 aliphatic carbocycles. The molecule has 4 rings (SSSR count). The second kappa shape index (κ2) is 7.03. The van der Waals surface area contributed by atoms with Crippen LogP contribution < -0.4 is 0 Å². The van der Waals surface area contributed by atoms with E-state index in [-0.39, 0.29) is 30.6 Å². The van der Waals surface area contributed by atoms with E-state index in [0.717, 1.165) is 16.5 Å². The van der Waals surface area contributed by atoms with Gasteiger partial charge in [-0.3, -0.25) is 4.79 Å². The van der Waals surface area contributed by atoms with Crippen molar-refractivity contribution in [3.8, 4) is 11.4 Å². The molecule has 0 radical (unpaired) electrons. The molecule has 0 spiro atoms. The number of hydrogen-bond donors (Lipinski definition) is 1. The van der Waals surface area contributed by atoms with Gasteiger partial charge in [-0.15, -0.1) is 0 Å². The lowest BCUT2D eigenvalue weighted by Crippen LogP contribution is -2.07. The molecule has 0 saturated heterocycles. The van der Waals surface area contributed by atoms with E-state index >= 15 is 0 Å². The minimum Gasteiger partial charge on any atom is -0.455 e. The molecule has 0 aliphatic rings. The van der Waals surface area contributed by atoms with Crippen molar-refractivity contribution in [1.29, 1.82) is 0 Å². The number of aryl methyl sites for hydroxylation is 1. The lowest BCUT2D eigenvalue weighted by atomic mass is 10.1. The van der Waals surface area contributed by atoms with Crippen molar-refractivity contribution in [2.45, 2.75) is 20.0 Å². The Morgan fingerprint density at radius 1 is 1.26 bits per heavy atom. The molecule has 0 aliphatic heterocycles. The van der Waals surface area contributed by atoms with E-state index in [2.05, 4.69) is 15.1 Å². The summed E-state index contributed by atoms with van der Waals surface area (Å²) >= 11 is 0. The predicted octanol–water partition coefficient (Wildman–Crippen LogP) is 3.95. The summed E-state index contributed by atoms with van der Waals surface area (Å²) in [6, 6.07) is 12.4. The van der Waals surface area contributed by atoms with E-state index in [0.29, 0.717) is 11.1 Å². The van der Waals surface area contributed by atoms with Crippen molar-refractivity contribution in [2.75, 3.05) is 0 Å². The van der Waals surface area contributed by atoms with E-state index in [1.807, 2.05) is 24.3 Å². The normalized spacial score (nSPS) is 11.0. The largest absolute Gasteiger partial charge is 0.455 e. The Balaban J connectivity index is 1.39. The first kappa shape index (κ1) is 17.0. The molecule has 27 heavy (non-hydrogen) atoms. The first-order valence-corrected chi connectivity index (χ1v) is 8.40. The van der Waals surface area contributed by atoms with Crippen LogP contribution in [0.4, 0.5) is 4.39 Å². The van der Waals surface area contributed by atoms with Gasteiger partial charge in [0.05, 0.1) is 6.42 Å². The molecule has 7 heteroatoms. The topological polar surface area (TPSA) is 81.0 Å². The SMILES string of the molecule is Cc1ccc(-c2noc(COC(=O)Cc3c[nH]c4ccccc34)n2)cc1F. The summed E-state index contributed by atoms with van der Waals surface area (Å²) in [6.45, 7) is 1.54. The number of aromatic nitrogens is 3. The average molecular weight is 365 g/mol. The standard InChI is InChI=1S/C20H16FN3O3/c1-12-6-7-13(8-16(12)21)20-23-18(27-24-20)11-26-19(25)9-14-10-22-17-5-3-2-4-15(14)17/h2-8,10,22H,9,11H2,1H3. The maximum absolute atomic E-state index is 13.7. The molecule has 0 atom stereocenters. The third kappa shape index (κ3) is 3.57. The summed E-state index contributed by atoms with van der Waals surface area (Å²) in [6.07, 6.45) is 1.93. The summed E-state index contributed by atoms with van der Waals surface area (Å²) < 4.78 is 24.0. The number of carbonyl (C=O) groups is 1. The van der Waals surface area contributed by atoms with Crippen molar-refractivity contribution in [3.63, 3.8) is 0 Å². The van der Waals surface area contributed by atoms with Crippen LogP contribution in [0.1, 0.15) is 17.0 Å². The van der Waals surface area contributed by atoms with E-state index in [1.165, 1.54) is 6.07 Å². The fraction of sp³-hybridized carbons (Fsp3) is 0.150. The Morgan fingerprint density at radius 3 is 2.96 bits per heavy atom. The number of H-pyrrole nitrogens is 1. The third-order valence-corrected chi connectivity index (χ3v) is 4.26. The molecule has 6 nitrogen and oxygen atoms in total. The van der Waals surface area contributed by atoms with E-state index in [9.17, 15) is 9.18 Å². The highest BCUT2D eigenvalue weighted by molar-refractivity contribution is 5.87. The molecule has 2 aromatic heterocycles. The maximum atomic E-state index is 13.7. The van der Waals surface area contributed by atoms with Crippen LogP contribution in [0.15, 0.2) is 53.2 Å². The van der Waals surface area contributed by atoms with Gasteiger partial charge in [-0.1, -0.05) is 35.5 Å². The second-order valence-corrected chi connectivity index (χ2v) is 6.17. The van der Waals surface area contributed by atoms with Crippen LogP contribution in [-0.4, -0.2) is 21.1 Å². The Bertz CT molecular complexity index is 1120. The number of nitrogens with zero attached hydrogens (tertiary/aromatic N) is 2. The van der Waals surface area contributed by atoms with Crippen LogP contribution in [-0.2, 0) is 22.6 Å². The van der Waals surface area contributed by atoms with Crippen LogP contribution in [0, 0.1) is 12.7 Å². The molecule has 0 fully saturated rings. The van der Waals surface area contributed by atoms with Crippen molar-refractivity contribution in [1.82, 2.24) is 15.1 Å². The molecule has 2 aromatic carbocycles. The van der Waals surface area contributed by atoms with E-state index in [4.69, 9.17) is 9.26 Å². The molecule has 2 heterocycles. The number of esters is 1. The molecule has 4 aromatic rings. The first-order chi connectivity index (χ1) is 13.1. The monoisotopic (exact) mass is 365 g/mol. The quantitative estimate of drug-likeness (QED) is 0.542. The molecule has 0 unspecified atom stereocenters. The van der Waals surface area contributed by atoms with Gasteiger partial charge in [0.25, 0.3) is 5.89 Å². The van der Waals surface area contributed by atoms with Crippen molar-refractivity contribution < 1.29 is 18.4 Å². The van der Waals surface area contributed by atoms with Gasteiger partial charge in [-0.05, 0) is 30.2 Å². The van der Waals surface area contributed by atoms with Crippen LogP contribution >= 0.6 is 0 Å². The van der Waals surface area contributed by atoms with Crippen LogP contribution in [0.2, 0.25) is 0 Å². The fourth-order valence-corrected chi connectivity index (χ4v) is 2.79. The van der Waals surface area contributed by atoms with Gasteiger partial charge in [0.15, 0.2) is 6.61 Å². The number of hydrogen-bond acceptors (Lipinski definition) is 5. The zero-order valence-electron chi connectivity index (χ0n) is 14.5. The Hall–Kier alpha value is -3.48.